The Labute approximate surface area is 211 Å². The van der Waals surface area contributed by atoms with Crippen molar-refractivity contribution in [2.75, 3.05) is 6.54 Å². The third-order valence-corrected chi connectivity index (χ3v) is 7.00. The first-order chi connectivity index (χ1) is 17.2. The maximum atomic E-state index is 14.5. The van der Waals surface area contributed by atoms with E-state index >= 15 is 0 Å². The molecule has 2 heterocycles. The number of carbonyl (C=O) groups excluding carboxylic acids is 2. The lowest BCUT2D eigenvalue weighted by Gasteiger charge is -2.27. The van der Waals surface area contributed by atoms with Crippen LogP contribution in [0.2, 0.25) is 0 Å². The molecule has 1 N–H and O–H groups in total. The highest BCUT2D eigenvalue weighted by molar-refractivity contribution is 5.89. The summed E-state index contributed by atoms with van der Waals surface area (Å²) in [6.07, 6.45) is -0.629. The Morgan fingerprint density at radius 3 is 2.31 bits per heavy atom. The second-order valence-electron chi connectivity index (χ2n) is 9.87. The van der Waals surface area contributed by atoms with Gasteiger partial charge >= 0.3 is 0 Å². The number of aromatic nitrogens is 1. The first-order valence-electron chi connectivity index (χ1n) is 12.5. The Bertz CT molecular complexity index is 1170. The molecule has 0 spiro atoms. The van der Waals surface area contributed by atoms with E-state index in [0.29, 0.717) is 18.1 Å². The topological polar surface area (TPSA) is 75.4 Å². The van der Waals surface area contributed by atoms with E-state index in [-0.39, 0.29) is 31.2 Å². The van der Waals surface area contributed by atoms with E-state index in [9.17, 15) is 14.0 Å². The van der Waals surface area contributed by atoms with Gasteiger partial charge in [0.15, 0.2) is 0 Å². The summed E-state index contributed by atoms with van der Waals surface area (Å²) in [6, 6.07) is 16.6. The number of halogens is 1. The summed E-state index contributed by atoms with van der Waals surface area (Å²) in [5, 5.41) is 7.04. The number of amides is 2. The van der Waals surface area contributed by atoms with Crippen LogP contribution in [0.25, 0.3) is 0 Å². The molecule has 1 aliphatic rings. The molecule has 3 atom stereocenters. The number of carbonyl (C=O) groups is 2. The molecule has 2 amide bonds. The normalized spacial score (nSPS) is 18.4. The number of rotatable bonds is 8. The van der Waals surface area contributed by atoms with Crippen molar-refractivity contribution in [1.82, 2.24) is 15.4 Å². The van der Waals surface area contributed by atoms with Crippen molar-refractivity contribution in [3.8, 4) is 0 Å². The first-order valence-corrected chi connectivity index (χ1v) is 12.5. The van der Waals surface area contributed by atoms with E-state index in [1.807, 2.05) is 49.4 Å². The molecule has 0 aliphatic carbocycles. The van der Waals surface area contributed by atoms with Crippen LogP contribution in [0, 0.1) is 13.8 Å². The molecule has 1 fully saturated rings. The molecule has 0 unspecified atom stereocenters. The summed E-state index contributed by atoms with van der Waals surface area (Å²) in [5.74, 6) is 0.484. The fourth-order valence-corrected chi connectivity index (χ4v) is 4.86. The maximum absolute atomic E-state index is 14.5. The average Bonchev–Trinajstić information content (AvgIpc) is 3.43. The van der Waals surface area contributed by atoms with Crippen molar-refractivity contribution < 1.29 is 18.5 Å². The van der Waals surface area contributed by atoms with Crippen LogP contribution in [0.1, 0.15) is 72.4 Å². The molecular weight excluding hydrogens is 457 g/mol. The van der Waals surface area contributed by atoms with Gasteiger partial charge < -0.3 is 14.7 Å². The summed E-state index contributed by atoms with van der Waals surface area (Å²) in [5.41, 5.74) is 4.70. The number of nitrogens with one attached hydrogen (secondary N) is 1. The van der Waals surface area contributed by atoms with Gasteiger partial charge in [-0.05, 0) is 42.9 Å². The van der Waals surface area contributed by atoms with Crippen molar-refractivity contribution in [3.63, 3.8) is 0 Å². The molecular formula is C29H34FN3O3. The van der Waals surface area contributed by atoms with Crippen LogP contribution in [0.15, 0.2) is 59.1 Å². The molecule has 1 aliphatic heterocycles. The van der Waals surface area contributed by atoms with Crippen LogP contribution >= 0.6 is 0 Å². The number of hydrogen-bond acceptors (Lipinski definition) is 4. The van der Waals surface area contributed by atoms with Gasteiger partial charge in [-0.15, -0.1) is 0 Å². The van der Waals surface area contributed by atoms with Crippen molar-refractivity contribution in [3.05, 3.63) is 88.3 Å². The zero-order chi connectivity index (χ0) is 25.8. The number of benzene rings is 2. The van der Waals surface area contributed by atoms with E-state index in [1.54, 1.807) is 6.92 Å². The Kier molecular flexibility index (Phi) is 7.87. The van der Waals surface area contributed by atoms with Crippen LogP contribution in [0.5, 0.6) is 0 Å². The summed E-state index contributed by atoms with van der Waals surface area (Å²) in [6.45, 7) is 7.84. The minimum absolute atomic E-state index is 0.00328. The van der Waals surface area contributed by atoms with E-state index in [2.05, 4.69) is 36.5 Å². The zero-order valence-corrected chi connectivity index (χ0v) is 21.3. The quantitative estimate of drug-likeness (QED) is 0.470. The molecule has 1 saturated heterocycles. The highest BCUT2D eigenvalue weighted by atomic mass is 19.1. The molecule has 6 nitrogen and oxygen atoms in total. The van der Waals surface area contributed by atoms with Crippen LogP contribution in [0.3, 0.4) is 0 Å². The fourth-order valence-electron chi connectivity index (χ4n) is 4.86. The smallest absolute Gasteiger partial charge is 0.243 e. The number of alkyl halides is 1. The van der Waals surface area contributed by atoms with Gasteiger partial charge in [0, 0.05) is 18.4 Å². The zero-order valence-electron chi connectivity index (χ0n) is 21.3. The van der Waals surface area contributed by atoms with Crippen molar-refractivity contribution in [1.29, 1.82) is 0 Å². The van der Waals surface area contributed by atoms with Crippen LogP contribution in [0.4, 0.5) is 4.39 Å². The first kappa shape index (κ1) is 25.6. The Morgan fingerprint density at radius 1 is 1.06 bits per heavy atom. The molecule has 4 rings (SSSR count). The number of nitrogens with zero attached hydrogens (tertiary/aromatic N) is 2. The predicted molar refractivity (Wildman–Crippen MR) is 136 cm³/mol. The summed E-state index contributed by atoms with van der Waals surface area (Å²) >= 11 is 0. The summed E-state index contributed by atoms with van der Waals surface area (Å²) in [7, 11) is 0. The van der Waals surface area contributed by atoms with Gasteiger partial charge in [0.25, 0.3) is 0 Å². The van der Waals surface area contributed by atoms with Gasteiger partial charge in [-0.25, -0.2) is 4.39 Å². The minimum atomic E-state index is -1.23. The van der Waals surface area contributed by atoms with Crippen molar-refractivity contribution >= 4 is 11.8 Å². The number of likely N-dealkylation sites (tertiary alicyclic amines) is 1. The lowest BCUT2D eigenvalue weighted by molar-refractivity contribution is -0.138. The number of aryl methyl sites for hydroxylation is 2. The second kappa shape index (κ2) is 11.1. The minimum Gasteiger partial charge on any atom is -0.361 e. The standard InChI is InChI=1S/C29H34FN3O3/c1-18(2)21-10-12-23(13-11-21)28(22-8-6-5-7-9-22)31-29(35)26-16-24(30)17-33(26)27(34)15-14-25-19(3)32-36-20(25)4/h5-13,18,24,26,28H,14-17H2,1-4H3,(H,31,35)/t24-,26+,28+/m1/s1. The molecule has 36 heavy (non-hydrogen) atoms. The van der Waals surface area contributed by atoms with Gasteiger partial charge in [-0.1, -0.05) is 73.6 Å². The largest absolute Gasteiger partial charge is 0.361 e. The maximum Gasteiger partial charge on any atom is 0.243 e. The molecule has 1 aromatic heterocycles. The molecule has 7 heteroatoms. The Hall–Kier alpha value is -3.48. The van der Waals surface area contributed by atoms with Gasteiger partial charge in [0.05, 0.1) is 18.3 Å². The Balaban J connectivity index is 1.51. The predicted octanol–water partition coefficient (Wildman–Crippen LogP) is 5.19. The van der Waals surface area contributed by atoms with Gasteiger partial charge in [0.2, 0.25) is 11.8 Å². The van der Waals surface area contributed by atoms with Crippen molar-refractivity contribution in [2.24, 2.45) is 0 Å². The van der Waals surface area contributed by atoms with E-state index in [4.69, 9.17) is 4.52 Å². The van der Waals surface area contributed by atoms with E-state index in [1.165, 1.54) is 10.5 Å². The highest BCUT2D eigenvalue weighted by Crippen LogP contribution is 2.27. The lowest BCUT2D eigenvalue weighted by atomic mass is 9.95. The van der Waals surface area contributed by atoms with E-state index < -0.39 is 18.3 Å². The fraction of sp³-hybridized carbons (Fsp3) is 0.414. The van der Waals surface area contributed by atoms with Crippen LogP contribution in [-0.2, 0) is 16.0 Å². The van der Waals surface area contributed by atoms with E-state index in [0.717, 1.165) is 22.4 Å². The Morgan fingerprint density at radius 2 is 1.69 bits per heavy atom. The van der Waals surface area contributed by atoms with Crippen LogP contribution < -0.4 is 5.32 Å². The molecule has 190 valence electrons. The lowest BCUT2D eigenvalue weighted by Crippen LogP contribution is -2.47. The molecule has 0 saturated carbocycles. The van der Waals surface area contributed by atoms with Gasteiger partial charge in [0.1, 0.15) is 18.0 Å². The SMILES string of the molecule is Cc1noc(C)c1CCC(=O)N1C[C@H](F)C[C@H]1C(=O)N[C@@H](c1ccccc1)c1ccc(C(C)C)cc1. The van der Waals surface area contributed by atoms with Gasteiger partial charge in [-0.3, -0.25) is 9.59 Å². The monoisotopic (exact) mass is 491 g/mol. The average molecular weight is 492 g/mol. The molecule has 0 bridgehead atoms. The molecule has 0 radical (unpaired) electrons. The van der Waals surface area contributed by atoms with Crippen LogP contribution in [-0.4, -0.2) is 40.6 Å². The molecule has 3 aromatic rings. The summed E-state index contributed by atoms with van der Waals surface area (Å²) < 4.78 is 19.7. The summed E-state index contributed by atoms with van der Waals surface area (Å²) in [4.78, 5) is 28.0. The third-order valence-electron chi connectivity index (χ3n) is 7.00. The van der Waals surface area contributed by atoms with Gasteiger partial charge in [-0.2, -0.15) is 0 Å². The molecule has 2 aromatic carbocycles. The number of hydrogen-bond donors (Lipinski definition) is 1. The second-order valence-corrected chi connectivity index (χ2v) is 9.87. The van der Waals surface area contributed by atoms with Crippen molar-refractivity contribution in [2.45, 2.75) is 71.1 Å². The third kappa shape index (κ3) is 5.66. The highest BCUT2D eigenvalue weighted by Gasteiger charge is 2.40.